The van der Waals surface area contributed by atoms with Crippen molar-refractivity contribution in [2.75, 3.05) is 23.8 Å². The van der Waals surface area contributed by atoms with Gasteiger partial charge in [-0.2, -0.15) is 0 Å². The maximum Gasteiger partial charge on any atom is 0.323 e. The van der Waals surface area contributed by atoms with E-state index in [1.165, 1.54) is 25.1 Å². The molecule has 1 amide bonds. The van der Waals surface area contributed by atoms with E-state index in [4.69, 9.17) is 9.84 Å². The van der Waals surface area contributed by atoms with E-state index in [1.54, 1.807) is 0 Å². The molecule has 1 aliphatic heterocycles. The van der Waals surface area contributed by atoms with Crippen LogP contribution in [0.15, 0.2) is 23.1 Å². The highest BCUT2D eigenvalue weighted by Crippen LogP contribution is 2.34. The van der Waals surface area contributed by atoms with Crippen LogP contribution in [0.3, 0.4) is 0 Å². The number of fused-ring (bicyclic) bond motifs is 1. The molecule has 2 rings (SSSR count). The summed E-state index contributed by atoms with van der Waals surface area (Å²) in [7, 11) is -3.44. The van der Waals surface area contributed by atoms with Crippen LogP contribution >= 0.6 is 0 Å². The molecule has 7 nitrogen and oxygen atoms in total. The summed E-state index contributed by atoms with van der Waals surface area (Å²) in [4.78, 5) is 23.6. The molecule has 1 N–H and O–H groups in total. The lowest BCUT2D eigenvalue weighted by Gasteiger charge is -2.28. The molecule has 0 unspecified atom stereocenters. The highest BCUT2D eigenvalue weighted by molar-refractivity contribution is 7.91. The van der Waals surface area contributed by atoms with Crippen molar-refractivity contribution >= 4 is 27.4 Å². The fourth-order valence-electron chi connectivity index (χ4n) is 1.85. The van der Waals surface area contributed by atoms with Crippen molar-refractivity contribution in [1.29, 1.82) is 0 Å². The van der Waals surface area contributed by atoms with Gasteiger partial charge < -0.3 is 9.84 Å². The van der Waals surface area contributed by atoms with Crippen LogP contribution in [0.25, 0.3) is 0 Å². The van der Waals surface area contributed by atoms with Crippen molar-refractivity contribution in [1.82, 2.24) is 0 Å². The third-order valence-electron chi connectivity index (χ3n) is 2.91. The predicted molar refractivity (Wildman–Crippen MR) is 69.7 cm³/mol. The number of sulfone groups is 1. The number of carboxylic acid groups (broad SMARTS) is 1. The van der Waals surface area contributed by atoms with Gasteiger partial charge in [-0.05, 0) is 18.2 Å². The van der Waals surface area contributed by atoms with E-state index < -0.39 is 28.3 Å². The minimum Gasteiger partial charge on any atom is -0.482 e. The molecule has 0 bridgehead atoms. The van der Waals surface area contributed by atoms with Gasteiger partial charge >= 0.3 is 5.97 Å². The number of nitrogens with zero attached hydrogens (tertiary/aromatic N) is 1. The van der Waals surface area contributed by atoms with Crippen LogP contribution in [-0.2, 0) is 19.4 Å². The van der Waals surface area contributed by atoms with Gasteiger partial charge in [0.15, 0.2) is 16.4 Å². The van der Waals surface area contributed by atoms with Crippen molar-refractivity contribution < 1.29 is 27.9 Å². The summed E-state index contributed by atoms with van der Waals surface area (Å²) in [5, 5.41) is 8.83. The third kappa shape index (κ3) is 2.60. The first-order valence-electron chi connectivity index (χ1n) is 5.87. The van der Waals surface area contributed by atoms with Crippen molar-refractivity contribution in [3.63, 3.8) is 0 Å². The molecule has 20 heavy (non-hydrogen) atoms. The second kappa shape index (κ2) is 5.12. The summed E-state index contributed by atoms with van der Waals surface area (Å²) in [6.45, 7) is 0.705. The van der Waals surface area contributed by atoms with Crippen LogP contribution < -0.4 is 9.64 Å². The molecule has 0 spiro atoms. The number of amides is 1. The number of aliphatic carboxylic acids is 1. The summed E-state index contributed by atoms with van der Waals surface area (Å²) in [5.74, 6) is -1.50. The minimum absolute atomic E-state index is 0.0347. The van der Waals surface area contributed by atoms with E-state index >= 15 is 0 Å². The SMILES string of the molecule is CCS(=O)(=O)c1ccc2c(c1)N(CC(=O)O)C(=O)CO2. The average Bonchev–Trinajstić information content (AvgIpc) is 2.41. The fourth-order valence-corrected chi connectivity index (χ4v) is 2.75. The molecule has 1 aromatic carbocycles. The number of hydrogen-bond acceptors (Lipinski definition) is 5. The number of anilines is 1. The zero-order valence-corrected chi connectivity index (χ0v) is 11.5. The molecule has 1 aromatic rings. The van der Waals surface area contributed by atoms with Gasteiger partial charge in [0.25, 0.3) is 5.91 Å². The molecule has 108 valence electrons. The van der Waals surface area contributed by atoms with E-state index in [1.807, 2.05) is 0 Å². The van der Waals surface area contributed by atoms with Crippen LogP contribution in [0, 0.1) is 0 Å². The van der Waals surface area contributed by atoms with Crippen LogP contribution in [0.4, 0.5) is 5.69 Å². The largest absolute Gasteiger partial charge is 0.482 e. The second-order valence-electron chi connectivity index (χ2n) is 4.20. The molecule has 0 atom stereocenters. The van der Waals surface area contributed by atoms with Gasteiger partial charge in [0.05, 0.1) is 16.3 Å². The first-order valence-corrected chi connectivity index (χ1v) is 7.52. The van der Waals surface area contributed by atoms with Gasteiger partial charge in [0, 0.05) is 0 Å². The lowest BCUT2D eigenvalue weighted by molar-refractivity contribution is -0.137. The van der Waals surface area contributed by atoms with Gasteiger partial charge in [-0.3, -0.25) is 14.5 Å². The Balaban J connectivity index is 2.52. The summed E-state index contributed by atoms with van der Waals surface area (Å²) in [6.07, 6.45) is 0. The zero-order valence-electron chi connectivity index (χ0n) is 10.7. The highest BCUT2D eigenvalue weighted by atomic mass is 32.2. The smallest absolute Gasteiger partial charge is 0.323 e. The lowest BCUT2D eigenvalue weighted by Crippen LogP contribution is -2.42. The first kappa shape index (κ1) is 14.3. The Morgan fingerprint density at radius 1 is 1.45 bits per heavy atom. The molecule has 0 aromatic heterocycles. The Morgan fingerprint density at radius 3 is 2.75 bits per heavy atom. The molecular weight excluding hydrogens is 286 g/mol. The molecule has 8 heteroatoms. The second-order valence-corrected chi connectivity index (χ2v) is 6.47. The van der Waals surface area contributed by atoms with E-state index in [0.29, 0.717) is 5.75 Å². The molecule has 0 saturated heterocycles. The molecule has 0 radical (unpaired) electrons. The molecule has 0 aliphatic carbocycles. The number of hydrogen-bond donors (Lipinski definition) is 1. The Morgan fingerprint density at radius 2 is 2.15 bits per heavy atom. The Hall–Kier alpha value is -2.09. The van der Waals surface area contributed by atoms with Crippen LogP contribution in [0.5, 0.6) is 5.75 Å². The summed E-state index contributed by atoms with van der Waals surface area (Å²) in [6, 6.07) is 4.08. The minimum atomic E-state index is -3.44. The third-order valence-corrected chi connectivity index (χ3v) is 4.64. The van der Waals surface area contributed by atoms with Crippen molar-refractivity contribution in [2.45, 2.75) is 11.8 Å². The van der Waals surface area contributed by atoms with Crippen molar-refractivity contribution in [2.24, 2.45) is 0 Å². The molecule has 0 saturated carbocycles. The van der Waals surface area contributed by atoms with Crippen molar-refractivity contribution in [3.05, 3.63) is 18.2 Å². The quantitative estimate of drug-likeness (QED) is 0.857. The van der Waals surface area contributed by atoms with Gasteiger partial charge in [0.1, 0.15) is 12.3 Å². The summed E-state index contributed by atoms with van der Waals surface area (Å²) in [5.41, 5.74) is 0.165. The van der Waals surface area contributed by atoms with Gasteiger partial charge in [-0.25, -0.2) is 8.42 Å². The summed E-state index contributed by atoms with van der Waals surface area (Å²) < 4.78 is 28.8. The number of rotatable bonds is 4. The predicted octanol–water partition coefficient (Wildman–Crippen LogP) is 0.290. The number of ether oxygens (including phenoxy) is 1. The van der Waals surface area contributed by atoms with E-state index in [-0.39, 0.29) is 22.9 Å². The molecular formula is C12H13NO6S. The Kier molecular flexibility index (Phi) is 3.67. The maximum absolute atomic E-state index is 11.8. The van der Waals surface area contributed by atoms with Gasteiger partial charge in [0.2, 0.25) is 0 Å². The first-order chi connectivity index (χ1) is 9.35. The van der Waals surface area contributed by atoms with E-state index in [0.717, 1.165) is 4.90 Å². The van der Waals surface area contributed by atoms with Gasteiger partial charge in [-0.1, -0.05) is 6.92 Å². The molecule has 1 aliphatic rings. The normalized spacial score (nSPS) is 14.7. The van der Waals surface area contributed by atoms with E-state index in [2.05, 4.69) is 0 Å². The van der Waals surface area contributed by atoms with Crippen LogP contribution in [0.1, 0.15) is 6.92 Å². The average molecular weight is 299 g/mol. The zero-order chi connectivity index (χ0) is 14.9. The Labute approximate surface area is 115 Å². The van der Waals surface area contributed by atoms with E-state index in [9.17, 15) is 18.0 Å². The molecule has 0 fully saturated rings. The van der Waals surface area contributed by atoms with Crippen LogP contribution in [0.2, 0.25) is 0 Å². The lowest BCUT2D eigenvalue weighted by atomic mass is 10.2. The van der Waals surface area contributed by atoms with Crippen molar-refractivity contribution in [3.8, 4) is 5.75 Å². The number of carbonyl (C=O) groups is 2. The summed E-state index contributed by atoms with van der Waals surface area (Å²) >= 11 is 0. The van der Waals surface area contributed by atoms with Gasteiger partial charge in [-0.15, -0.1) is 0 Å². The fraction of sp³-hybridized carbons (Fsp3) is 0.333. The standard InChI is InChI=1S/C12H13NO6S/c1-2-20(17,18)8-3-4-10-9(5-8)13(6-12(15)16)11(14)7-19-10/h3-5H,2,6-7H2,1H3,(H,15,16). The highest BCUT2D eigenvalue weighted by Gasteiger charge is 2.28. The Bertz CT molecular complexity index is 667. The number of carbonyl (C=O) groups excluding carboxylic acids is 1. The monoisotopic (exact) mass is 299 g/mol. The number of benzene rings is 1. The molecule has 1 heterocycles. The van der Waals surface area contributed by atoms with Crippen LogP contribution in [-0.4, -0.2) is 44.3 Å². The topological polar surface area (TPSA) is 101 Å². The number of carboxylic acids is 1. The maximum atomic E-state index is 11.8.